The third kappa shape index (κ3) is 4.74. The monoisotopic (exact) mass is 439 g/mol. The number of carbonyl (C=O) groups excluding carboxylic acids is 3. The molecule has 0 unspecified atom stereocenters. The molecule has 0 aliphatic carbocycles. The highest BCUT2D eigenvalue weighted by Gasteiger charge is 2.22. The fraction of sp³-hybridized carbons (Fsp3) is 0.304. The summed E-state index contributed by atoms with van der Waals surface area (Å²) in [6.45, 7) is 8.44. The van der Waals surface area contributed by atoms with Crippen molar-refractivity contribution in [1.29, 1.82) is 0 Å². The zero-order valence-electron chi connectivity index (χ0n) is 18.2. The third-order valence-electron chi connectivity index (χ3n) is 4.99. The lowest BCUT2D eigenvalue weighted by Crippen LogP contribution is -2.22. The topological polar surface area (TPSA) is 92.4 Å². The van der Waals surface area contributed by atoms with Gasteiger partial charge >= 0.3 is 5.97 Å². The summed E-state index contributed by atoms with van der Waals surface area (Å²) in [4.78, 5) is 45.5. The largest absolute Gasteiger partial charge is 0.454 e. The number of anilines is 2. The van der Waals surface area contributed by atoms with Crippen molar-refractivity contribution < 1.29 is 19.1 Å². The van der Waals surface area contributed by atoms with E-state index in [4.69, 9.17) is 4.74 Å². The van der Waals surface area contributed by atoms with Gasteiger partial charge in [0.1, 0.15) is 12.3 Å². The summed E-state index contributed by atoms with van der Waals surface area (Å²) in [7, 11) is 0. The fourth-order valence-electron chi connectivity index (χ4n) is 3.47. The first-order valence-electron chi connectivity index (χ1n) is 9.94. The summed E-state index contributed by atoms with van der Waals surface area (Å²) in [5.74, 6) is -0.816. The molecule has 2 heterocycles. The second-order valence-electron chi connectivity index (χ2n) is 7.25. The van der Waals surface area contributed by atoms with Gasteiger partial charge in [-0.2, -0.15) is 0 Å². The molecule has 1 aromatic carbocycles. The molecule has 1 N–H and O–H groups in total. The average molecular weight is 440 g/mol. The minimum Gasteiger partial charge on any atom is -0.454 e. The number of amides is 1. The van der Waals surface area contributed by atoms with Crippen LogP contribution in [0.3, 0.4) is 0 Å². The van der Waals surface area contributed by atoms with Crippen molar-refractivity contribution in [1.82, 2.24) is 9.97 Å². The summed E-state index contributed by atoms with van der Waals surface area (Å²) >= 11 is 1.30. The highest BCUT2D eigenvalue weighted by atomic mass is 32.1. The summed E-state index contributed by atoms with van der Waals surface area (Å²) in [5.41, 5.74) is 4.44. The number of nitrogens with zero attached hydrogens (tertiary/aromatic N) is 2. The number of rotatable bonds is 7. The van der Waals surface area contributed by atoms with Crippen LogP contribution in [0.5, 0.6) is 0 Å². The summed E-state index contributed by atoms with van der Waals surface area (Å²) in [6.07, 6.45) is 0.917. The number of benzene rings is 1. The van der Waals surface area contributed by atoms with E-state index < -0.39 is 5.97 Å². The second-order valence-corrected chi connectivity index (χ2v) is 8.09. The van der Waals surface area contributed by atoms with E-state index in [1.54, 1.807) is 19.2 Å². The molecule has 1 amide bonds. The summed E-state index contributed by atoms with van der Waals surface area (Å²) in [5, 5.41) is 2.26. The number of aromatic amines is 1. The molecule has 0 saturated heterocycles. The molecule has 3 aromatic rings. The van der Waals surface area contributed by atoms with Crippen molar-refractivity contribution in [2.75, 3.05) is 4.90 Å². The van der Waals surface area contributed by atoms with E-state index in [9.17, 15) is 14.4 Å². The van der Waals surface area contributed by atoms with E-state index in [1.807, 2.05) is 24.3 Å². The first-order valence-corrected chi connectivity index (χ1v) is 10.8. The number of H-pyrrole nitrogens is 1. The smallest absolute Gasteiger partial charge is 0.355 e. The number of hydrogen-bond donors (Lipinski definition) is 1. The number of aryl methyl sites for hydroxylation is 2. The molecular weight excluding hydrogens is 414 g/mol. The first-order chi connectivity index (χ1) is 14.7. The molecule has 8 heteroatoms. The van der Waals surface area contributed by atoms with Crippen LogP contribution >= 0.6 is 11.3 Å². The molecule has 0 fully saturated rings. The van der Waals surface area contributed by atoms with Gasteiger partial charge in [-0.05, 0) is 50.5 Å². The van der Waals surface area contributed by atoms with Crippen molar-refractivity contribution in [3.8, 4) is 0 Å². The molecule has 2 aromatic heterocycles. The molecule has 0 bridgehead atoms. The van der Waals surface area contributed by atoms with Crippen molar-refractivity contribution in [2.24, 2.45) is 0 Å². The van der Waals surface area contributed by atoms with Crippen LogP contribution in [0.1, 0.15) is 64.1 Å². The number of ether oxygens (including phenoxy) is 1. The molecule has 0 spiro atoms. The minimum atomic E-state index is -0.554. The quantitative estimate of drug-likeness (QED) is 0.418. The second kappa shape index (κ2) is 9.26. The maximum atomic E-state index is 12.5. The lowest BCUT2D eigenvalue weighted by molar-refractivity contribution is -0.115. The maximum absolute atomic E-state index is 12.5. The van der Waals surface area contributed by atoms with Crippen molar-refractivity contribution in [3.63, 3.8) is 0 Å². The van der Waals surface area contributed by atoms with E-state index in [1.165, 1.54) is 35.6 Å². The predicted molar refractivity (Wildman–Crippen MR) is 120 cm³/mol. The van der Waals surface area contributed by atoms with Crippen LogP contribution in [-0.2, 0) is 22.6 Å². The van der Waals surface area contributed by atoms with Gasteiger partial charge in [-0.1, -0.05) is 19.1 Å². The Hall–Kier alpha value is -3.26. The Balaban J connectivity index is 1.74. The fourth-order valence-corrected chi connectivity index (χ4v) is 4.34. The Labute approximate surface area is 185 Å². The zero-order valence-corrected chi connectivity index (χ0v) is 19.1. The highest BCUT2D eigenvalue weighted by Crippen LogP contribution is 2.29. The number of hydrogen-bond acceptors (Lipinski definition) is 6. The van der Waals surface area contributed by atoms with Gasteiger partial charge in [-0.3, -0.25) is 14.5 Å². The van der Waals surface area contributed by atoms with Crippen LogP contribution < -0.4 is 4.90 Å². The van der Waals surface area contributed by atoms with Gasteiger partial charge in [0.05, 0.1) is 11.4 Å². The number of ketones is 1. The molecule has 7 nitrogen and oxygen atoms in total. The zero-order chi connectivity index (χ0) is 22.7. The van der Waals surface area contributed by atoms with Gasteiger partial charge < -0.3 is 9.72 Å². The lowest BCUT2D eigenvalue weighted by atomic mass is 10.1. The van der Waals surface area contributed by atoms with E-state index in [0.29, 0.717) is 27.6 Å². The Morgan fingerprint density at radius 1 is 1.13 bits per heavy atom. The Bertz CT molecular complexity index is 1130. The molecule has 0 aliphatic heterocycles. The van der Waals surface area contributed by atoms with Gasteiger partial charge in [0.15, 0.2) is 10.9 Å². The molecule has 31 heavy (non-hydrogen) atoms. The Morgan fingerprint density at radius 3 is 2.35 bits per heavy atom. The Morgan fingerprint density at radius 2 is 1.81 bits per heavy atom. The van der Waals surface area contributed by atoms with Crippen LogP contribution in [0.4, 0.5) is 10.8 Å². The number of esters is 1. The number of thiazole rings is 1. The van der Waals surface area contributed by atoms with E-state index in [0.717, 1.165) is 12.1 Å². The lowest BCUT2D eigenvalue weighted by Gasteiger charge is -2.18. The van der Waals surface area contributed by atoms with Crippen LogP contribution in [0, 0.1) is 13.8 Å². The van der Waals surface area contributed by atoms with Gasteiger partial charge in [-0.25, -0.2) is 9.78 Å². The SMILES string of the molecule is CCc1ccc(N(C(C)=O)c2nc(COC(=O)c3[nH]c(C)c(C(C)=O)c3C)cs2)cc1. The number of aromatic nitrogens is 2. The molecule has 0 saturated carbocycles. The normalized spacial score (nSPS) is 10.7. The molecule has 0 atom stereocenters. The average Bonchev–Trinajstić information content (AvgIpc) is 3.30. The summed E-state index contributed by atoms with van der Waals surface area (Å²) < 4.78 is 5.39. The van der Waals surface area contributed by atoms with Gasteiger partial charge in [0.2, 0.25) is 5.91 Å². The van der Waals surface area contributed by atoms with E-state index in [-0.39, 0.29) is 24.0 Å². The van der Waals surface area contributed by atoms with Crippen LogP contribution in [0.2, 0.25) is 0 Å². The molecule has 0 aliphatic rings. The molecule has 162 valence electrons. The van der Waals surface area contributed by atoms with Crippen LogP contribution in [-0.4, -0.2) is 27.6 Å². The van der Waals surface area contributed by atoms with Crippen LogP contribution in [0.25, 0.3) is 0 Å². The van der Waals surface area contributed by atoms with Crippen molar-refractivity contribution >= 4 is 39.8 Å². The standard InChI is InChI=1S/C23H25N3O4S/c1-6-17-7-9-19(10-8-17)26(16(5)28)23-25-18(12-31-23)11-30-22(29)21-13(2)20(15(4)27)14(3)24-21/h7-10,12,24H,6,11H2,1-5H3. The van der Waals surface area contributed by atoms with Crippen molar-refractivity contribution in [3.05, 3.63) is 63.4 Å². The first kappa shape index (κ1) is 22.4. The summed E-state index contributed by atoms with van der Waals surface area (Å²) in [6, 6.07) is 7.75. The van der Waals surface area contributed by atoms with Gasteiger partial charge in [0.25, 0.3) is 0 Å². The van der Waals surface area contributed by atoms with Gasteiger partial charge in [-0.15, -0.1) is 11.3 Å². The minimum absolute atomic E-state index is 0.0389. The third-order valence-corrected chi connectivity index (χ3v) is 5.87. The van der Waals surface area contributed by atoms with E-state index in [2.05, 4.69) is 16.9 Å². The predicted octanol–water partition coefficient (Wildman–Crippen LogP) is 4.89. The van der Waals surface area contributed by atoms with Gasteiger partial charge in [0, 0.05) is 23.6 Å². The number of carbonyl (C=O) groups is 3. The van der Waals surface area contributed by atoms with Crippen LogP contribution in [0.15, 0.2) is 29.6 Å². The molecule has 3 rings (SSSR count). The van der Waals surface area contributed by atoms with E-state index >= 15 is 0 Å². The highest BCUT2D eigenvalue weighted by molar-refractivity contribution is 7.14. The maximum Gasteiger partial charge on any atom is 0.355 e. The number of nitrogens with one attached hydrogen (secondary N) is 1. The molecular formula is C23H25N3O4S. The van der Waals surface area contributed by atoms with Crippen molar-refractivity contribution in [2.45, 2.75) is 47.6 Å². The Kier molecular flexibility index (Phi) is 6.70. The number of Topliss-reactive ketones (excluding diaryl/α,β-unsaturated/α-hetero) is 1. The molecule has 0 radical (unpaired) electrons.